The van der Waals surface area contributed by atoms with Gasteiger partial charge < -0.3 is 20.1 Å². The molecule has 0 aromatic heterocycles. The van der Waals surface area contributed by atoms with E-state index in [9.17, 15) is 4.79 Å². The summed E-state index contributed by atoms with van der Waals surface area (Å²) < 4.78 is 10.8. The van der Waals surface area contributed by atoms with Crippen molar-refractivity contribution in [3.05, 3.63) is 35.9 Å². The summed E-state index contributed by atoms with van der Waals surface area (Å²) in [6, 6.07) is 9.35. The number of ether oxygens (including phenoxy) is 2. The van der Waals surface area contributed by atoms with Crippen LogP contribution in [0.25, 0.3) is 0 Å². The fourth-order valence-electron chi connectivity index (χ4n) is 2.40. The van der Waals surface area contributed by atoms with E-state index in [0.717, 1.165) is 5.56 Å². The molecule has 3 atom stereocenters. The Kier molecular flexibility index (Phi) is 5.11. The summed E-state index contributed by atoms with van der Waals surface area (Å²) in [5.41, 5.74) is 6.93. The number of carbonyl (C=O) groups is 1. The molecular weight excluding hydrogens is 256 g/mol. The summed E-state index contributed by atoms with van der Waals surface area (Å²) in [5, 5.41) is 0. The highest BCUT2D eigenvalue weighted by atomic mass is 16.5. The molecular formula is C15H22N2O3. The first-order chi connectivity index (χ1) is 9.63. The Morgan fingerprint density at radius 3 is 2.85 bits per heavy atom. The van der Waals surface area contributed by atoms with Gasteiger partial charge in [0, 0.05) is 7.11 Å². The molecule has 1 amide bonds. The highest BCUT2D eigenvalue weighted by Gasteiger charge is 2.32. The van der Waals surface area contributed by atoms with Gasteiger partial charge in [0.2, 0.25) is 5.91 Å². The van der Waals surface area contributed by atoms with Crippen LogP contribution in [0.3, 0.4) is 0 Å². The van der Waals surface area contributed by atoms with E-state index in [2.05, 4.69) is 0 Å². The molecule has 1 saturated heterocycles. The first-order valence-electron chi connectivity index (χ1n) is 6.85. The van der Waals surface area contributed by atoms with Crippen molar-refractivity contribution in [1.29, 1.82) is 0 Å². The quantitative estimate of drug-likeness (QED) is 0.890. The van der Waals surface area contributed by atoms with Crippen molar-refractivity contribution in [1.82, 2.24) is 4.90 Å². The van der Waals surface area contributed by atoms with Crippen LogP contribution in [0.1, 0.15) is 18.6 Å². The number of amides is 1. The Hall–Kier alpha value is -1.43. The second kappa shape index (κ2) is 6.83. The van der Waals surface area contributed by atoms with Crippen molar-refractivity contribution < 1.29 is 14.3 Å². The number of nitrogens with two attached hydrogens (primary N) is 1. The smallest absolute Gasteiger partial charge is 0.242 e. The minimum Gasteiger partial charge on any atom is -0.383 e. The standard InChI is InChI=1S/C15H22N2O3/c1-11-9-20-14(12-6-4-3-5-7-12)8-17(11)15(18)13(16)10-19-2/h3-7,11,13-14H,8-10,16H2,1-2H3. The summed E-state index contributed by atoms with van der Waals surface area (Å²) in [7, 11) is 1.54. The van der Waals surface area contributed by atoms with Gasteiger partial charge in [0.15, 0.2) is 0 Å². The topological polar surface area (TPSA) is 64.8 Å². The minimum atomic E-state index is -0.614. The van der Waals surface area contributed by atoms with Gasteiger partial charge in [-0.3, -0.25) is 4.79 Å². The van der Waals surface area contributed by atoms with Gasteiger partial charge in [0.1, 0.15) is 12.1 Å². The van der Waals surface area contributed by atoms with Crippen molar-refractivity contribution in [2.45, 2.75) is 25.1 Å². The van der Waals surface area contributed by atoms with Crippen molar-refractivity contribution in [2.75, 3.05) is 26.9 Å². The van der Waals surface area contributed by atoms with Crippen LogP contribution in [-0.4, -0.2) is 49.8 Å². The Labute approximate surface area is 119 Å². The molecule has 110 valence electrons. The Morgan fingerprint density at radius 1 is 1.50 bits per heavy atom. The molecule has 1 aliphatic heterocycles. The molecule has 3 unspecified atom stereocenters. The monoisotopic (exact) mass is 278 g/mol. The molecule has 1 aromatic carbocycles. The van der Waals surface area contributed by atoms with E-state index >= 15 is 0 Å². The summed E-state index contributed by atoms with van der Waals surface area (Å²) in [6.07, 6.45) is -0.0916. The van der Waals surface area contributed by atoms with Crippen molar-refractivity contribution >= 4 is 5.91 Å². The number of rotatable bonds is 4. The van der Waals surface area contributed by atoms with Crippen LogP contribution in [0.2, 0.25) is 0 Å². The summed E-state index contributed by atoms with van der Waals surface area (Å²) in [5.74, 6) is -0.0800. The Morgan fingerprint density at radius 2 is 2.20 bits per heavy atom. The van der Waals surface area contributed by atoms with Gasteiger partial charge >= 0.3 is 0 Å². The Balaban J connectivity index is 2.07. The molecule has 0 bridgehead atoms. The van der Waals surface area contributed by atoms with Gasteiger partial charge in [-0.1, -0.05) is 30.3 Å². The summed E-state index contributed by atoms with van der Waals surface area (Å²) in [4.78, 5) is 14.1. The van der Waals surface area contributed by atoms with Crippen molar-refractivity contribution in [3.8, 4) is 0 Å². The molecule has 1 heterocycles. The summed E-state index contributed by atoms with van der Waals surface area (Å²) >= 11 is 0. The van der Waals surface area contributed by atoms with E-state index in [-0.39, 0.29) is 24.7 Å². The zero-order chi connectivity index (χ0) is 14.5. The fourth-order valence-corrected chi connectivity index (χ4v) is 2.40. The van der Waals surface area contributed by atoms with Gasteiger partial charge in [-0.2, -0.15) is 0 Å². The lowest BCUT2D eigenvalue weighted by Gasteiger charge is -2.39. The lowest BCUT2D eigenvalue weighted by atomic mass is 10.1. The van der Waals surface area contributed by atoms with Crippen LogP contribution >= 0.6 is 0 Å². The van der Waals surface area contributed by atoms with Gasteiger partial charge in [-0.15, -0.1) is 0 Å². The Bertz CT molecular complexity index is 438. The van der Waals surface area contributed by atoms with E-state index in [1.54, 1.807) is 12.0 Å². The third-order valence-electron chi connectivity index (χ3n) is 3.55. The molecule has 2 rings (SSSR count). The van der Waals surface area contributed by atoms with Crippen LogP contribution < -0.4 is 5.73 Å². The average molecular weight is 278 g/mol. The second-order valence-corrected chi connectivity index (χ2v) is 5.13. The van der Waals surface area contributed by atoms with E-state index < -0.39 is 6.04 Å². The normalized spacial score (nSPS) is 24.4. The highest BCUT2D eigenvalue weighted by molar-refractivity contribution is 5.82. The van der Waals surface area contributed by atoms with Gasteiger partial charge in [-0.25, -0.2) is 0 Å². The van der Waals surface area contributed by atoms with Crippen LogP contribution in [0.4, 0.5) is 0 Å². The molecule has 5 heteroatoms. The van der Waals surface area contributed by atoms with Gasteiger partial charge in [0.05, 0.1) is 25.8 Å². The number of nitrogens with zero attached hydrogens (tertiary/aromatic N) is 1. The number of morpholine rings is 1. The number of hydrogen-bond donors (Lipinski definition) is 1. The van der Waals surface area contributed by atoms with Gasteiger partial charge in [0.25, 0.3) is 0 Å². The second-order valence-electron chi connectivity index (χ2n) is 5.13. The molecule has 1 aliphatic rings. The third kappa shape index (κ3) is 3.36. The van der Waals surface area contributed by atoms with Crippen LogP contribution in [0, 0.1) is 0 Å². The van der Waals surface area contributed by atoms with E-state index in [1.165, 1.54) is 0 Å². The lowest BCUT2D eigenvalue weighted by Crippen LogP contribution is -2.54. The lowest BCUT2D eigenvalue weighted by molar-refractivity contribution is -0.147. The molecule has 5 nitrogen and oxygen atoms in total. The van der Waals surface area contributed by atoms with Crippen LogP contribution in [-0.2, 0) is 14.3 Å². The SMILES string of the molecule is COCC(N)C(=O)N1CC(c2ccccc2)OCC1C. The number of hydrogen-bond acceptors (Lipinski definition) is 4. The molecule has 2 N–H and O–H groups in total. The van der Waals surface area contributed by atoms with Crippen molar-refractivity contribution in [3.63, 3.8) is 0 Å². The zero-order valence-corrected chi connectivity index (χ0v) is 12.0. The zero-order valence-electron chi connectivity index (χ0n) is 12.0. The van der Waals surface area contributed by atoms with Crippen LogP contribution in [0.15, 0.2) is 30.3 Å². The first kappa shape index (κ1) is 15.0. The molecule has 0 spiro atoms. The predicted octanol–water partition coefficient (Wildman–Crippen LogP) is 0.949. The molecule has 1 fully saturated rings. The summed E-state index contributed by atoms with van der Waals surface area (Å²) in [6.45, 7) is 3.25. The number of benzene rings is 1. The molecule has 1 aromatic rings. The largest absolute Gasteiger partial charge is 0.383 e. The molecule has 20 heavy (non-hydrogen) atoms. The third-order valence-corrected chi connectivity index (χ3v) is 3.55. The maximum absolute atomic E-state index is 12.3. The average Bonchev–Trinajstić information content (AvgIpc) is 2.48. The maximum Gasteiger partial charge on any atom is 0.242 e. The first-order valence-corrected chi connectivity index (χ1v) is 6.85. The number of carbonyl (C=O) groups excluding carboxylic acids is 1. The fraction of sp³-hybridized carbons (Fsp3) is 0.533. The van der Waals surface area contributed by atoms with Crippen molar-refractivity contribution in [2.24, 2.45) is 5.73 Å². The van der Waals surface area contributed by atoms with E-state index in [4.69, 9.17) is 15.2 Å². The molecule has 0 radical (unpaired) electrons. The predicted molar refractivity (Wildman–Crippen MR) is 76.2 cm³/mol. The number of methoxy groups -OCH3 is 1. The van der Waals surface area contributed by atoms with E-state index in [0.29, 0.717) is 13.2 Å². The van der Waals surface area contributed by atoms with Gasteiger partial charge in [-0.05, 0) is 12.5 Å². The maximum atomic E-state index is 12.3. The minimum absolute atomic E-state index is 0.0327. The van der Waals surface area contributed by atoms with Crippen LogP contribution in [0.5, 0.6) is 0 Å². The molecule has 0 aliphatic carbocycles. The van der Waals surface area contributed by atoms with E-state index in [1.807, 2.05) is 37.3 Å². The highest BCUT2D eigenvalue weighted by Crippen LogP contribution is 2.25. The molecule has 0 saturated carbocycles.